The van der Waals surface area contributed by atoms with Gasteiger partial charge in [0.15, 0.2) is 0 Å². The molecule has 0 amide bonds. The first-order valence-corrected chi connectivity index (χ1v) is 7.93. The highest BCUT2D eigenvalue weighted by Crippen LogP contribution is 2.21. The molecule has 0 saturated carbocycles. The van der Waals surface area contributed by atoms with E-state index in [9.17, 15) is 0 Å². The molecule has 2 aromatic heterocycles. The highest BCUT2D eigenvalue weighted by atomic mass is 35.5. The topological polar surface area (TPSA) is 66.0 Å². The SMILES string of the molecule is CCNc1nc(NCCc2ccc(Cl)s2)nc(N(C)C)n1. The Morgan fingerprint density at radius 1 is 1.14 bits per heavy atom. The van der Waals surface area contributed by atoms with Gasteiger partial charge in [0.1, 0.15) is 0 Å². The summed E-state index contributed by atoms with van der Waals surface area (Å²) in [5, 5.41) is 6.34. The molecule has 0 fully saturated rings. The fourth-order valence-electron chi connectivity index (χ4n) is 1.66. The van der Waals surface area contributed by atoms with E-state index in [0.29, 0.717) is 17.8 Å². The number of thiophene rings is 1. The quantitative estimate of drug-likeness (QED) is 0.815. The Kier molecular flexibility index (Phi) is 5.58. The molecule has 0 bridgehead atoms. The number of rotatable bonds is 7. The monoisotopic (exact) mass is 326 g/mol. The summed E-state index contributed by atoms with van der Waals surface area (Å²) in [6, 6.07) is 3.95. The third-order valence-corrected chi connectivity index (χ3v) is 3.93. The van der Waals surface area contributed by atoms with Crippen LogP contribution in [0.5, 0.6) is 0 Å². The summed E-state index contributed by atoms with van der Waals surface area (Å²) >= 11 is 7.51. The zero-order valence-corrected chi connectivity index (χ0v) is 13.9. The number of hydrogen-bond donors (Lipinski definition) is 2. The molecule has 0 aliphatic carbocycles. The van der Waals surface area contributed by atoms with Gasteiger partial charge in [-0.05, 0) is 25.5 Å². The van der Waals surface area contributed by atoms with Crippen LogP contribution in [0.1, 0.15) is 11.8 Å². The van der Waals surface area contributed by atoms with Crippen molar-refractivity contribution in [2.24, 2.45) is 0 Å². The van der Waals surface area contributed by atoms with Crippen molar-refractivity contribution in [2.75, 3.05) is 42.7 Å². The number of halogens is 1. The van der Waals surface area contributed by atoms with Gasteiger partial charge in [0, 0.05) is 32.1 Å². The van der Waals surface area contributed by atoms with Crippen LogP contribution in [-0.4, -0.2) is 42.1 Å². The Labute approximate surface area is 133 Å². The van der Waals surface area contributed by atoms with Crippen molar-refractivity contribution in [2.45, 2.75) is 13.3 Å². The molecule has 0 radical (unpaired) electrons. The minimum Gasteiger partial charge on any atom is -0.354 e. The lowest BCUT2D eigenvalue weighted by Gasteiger charge is -2.13. The summed E-state index contributed by atoms with van der Waals surface area (Å²) in [5.41, 5.74) is 0. The fourth-order valence-corrected chi connectivity index (χ4v) is 2.75. The molecule has 6 nitrogen and oxygen atoms in total. The second-order valence-electron chi connectivity index (χ2n) is 4.59. The highest BCUT2D eigenvalue weighted by Gasteiger charge is 2.07. The molecule has 0 unspecified atom stereocenters. The van der Waals surface area contributed by atoms with Gasteiger partial charge in [-0.1, -0.05) is 11.6 Å². The predicted octanol–water partition coefficient (Wildman–Crippen LogP) is 2.74. The number of aromatic nitrogens is 3. The summed E-state index contributed by atoms with van der Waals surface area (Å²) in [6.45, 7) is 3.52. The Bertz CT molecular complexity index is 586. The molecule has 2 aromatic rings. The van der Waals surface area contributed by atoms with Crippen LogP contribution < -0.4 is 15.5 Å². The van der Waals surface area contributed by atoms with E-state index in [1.165, 1.54) is 4.88 Å². The highest BCUT2D eigenvalue weighted by molar-refractivity contribution is 7.16. The zero-order chi connectivity index (χ0) is 15.2. The maximum atomic E-state index is 5.92. The number of nitrogens with zero attached hydrogens (tertiary/aromatic N) is 4. The summed E-state index contributed by atoms with van der Waals surface area (Å²) in [5.74, 6) is 1.78. The van der Waals surface area contributed by atoms with Crippen molar-refractivity contribution < 1.29 is 0 Å². The maximum absolute atomic E-state index is 5.92. The normalized spacial score (nSPS) is 10.5. The molecule has 2 rings (SSSR count). The maximum Gasteiger partial charge on any atom is 0.231 e. The van der Waals surface area contributed by atoms with Gasteiger partial charge in [0.25, 0.3) is 0 Å². The Balaban J connectivity index is 2.00. The Hall–Kier alpha value is -1.60. The van der Waals surface area contributed by atoms with Crippen LogP contribution in [0.25, 0.3) is 0 Å². The molecule has 2 heterocycles. The van der Waals surface area contributed by atoms with Crippen LogP contribution in [-0.2, 0) is 6.42 Å². The van der Waals surface area contributed by atoms with E-state index in [0.717, 1.165) is 23.8 Å². The summed E-state index contributed by atoms with van der Waals surface area (Å²) in [4.78, 5) is 16.2. The lowest BCUT2D eigenvalue weighted by Crippen LogP contribution is -2.17. The molecular formula is C13H19ClN6S. The van der Waals surface area contributed by atoms with E-state index in [2.05, 4.69) is 25.6 Å². The summed E-state index contributed by atoms with van der Waals surface area (Å²) in [6.07, 6.45) is 0.886. The van der Waals surface area contributed by atoms with Gasteiger partial charge in [0.05, 0.1) is 4.34 Å². The Morgan fingerprint density at radius 3 is 2.43 bits per heavy atom. The van der Waals surface area contributed by atoms with Crippen LogP contribution in [0.15, 0.2) is 12.1 Å². The second-order valence-corrected chi connectivity index (χ2v) is 6.39. The predicted molar refractivity (Wildman–Crippen MR) is 89.8 cm³/mol. The van der Waals surface area contributed by atoms with Crippen LogP contribution in [0.3, 0.4) is 0 Å². The first-order valence-electron chi connectivity index (χ1n) is 6.74. The lowest BCUT2D eigenvalue weighted by atomic mass is 10.3. The molecule has 0 aliphatic heterocycles. The van der Waals surface area contributed by atoms with E-state index in [4.69, 9.17) is 11.6 Å². The summed E-state index contributed by atoms with van der Waals surface area (Å²) < 4.78 is 0.814. The fraction of sp³-hybridized carbons (Fsp3) is 0.462. The largest absolute Gasteiger partial charge is 0.354 e. The number of anilines is 3. The van der Waals surface area contributed by atoms with Crippen LogP contribution in [0, 0.1) is 0 Å². The minimum atomic E-state index is 0.576. The van der Waals surface area contributed by atoms with Gasteiger partial charge in [0.2, 0.25) is 17.8 Å². The lowest BCUT2D eigenvalue weighted by molar-refractivity contribution is 0.928. The second kappa shape index (κ2) is 7.42. The first kappa shape index (κ1) is 15.8. The van der Waals surface area contributed by atoms with Crippen molar-refractivity contribution in [3.63, 3.8) is 0 Å². The third kappa shape index (κ3) is 4.71. The van der Waals surface area contributed by atoms with Gasteiger partial charge in [-0.15, -0.1) is 11.3 Å². The van der Waals surface area contributed by atoms with Gasteiger partial charge >= 0.3 is 0 Å². The van der Waals surface area contributed by atoms with Crippen molar-refractivity contribution in [3.8, 4) is 0 Å². The minimum absolute atomic E-state index is 0.576. The van der Waals surface area contributed by atoms with E-state index < -0.39 is 0 Å². The molecule has 2 N–H and O–H groups in total. The number of hydrogen-bond acceptors (Lipinski definition) is 7. The molecule has 0 spiro atoms. The molecule has 0 atom stereocenters. The van der Waals surface area contributed by atoms with Crippen molar-refractivity contribution in [3.05, 3.63) is 21.3 Å². The van der Waals surface area contributed by atoms with E-state index in [1.807, 2.05) is 38.1 Å². The van der Waals surface area contributed by atoms with E-state index >= 15 is 0 Å². The standard InChI is InChI=1S/C13H19ClN6S/c1-4-15-11-17-12(19-13(18-11)20(2)3)16-8-7-9-5-6-10(14)21-9/h5-6H,4,7-8H2,1-3H3,(H2,15,16,17,18,19). The molecule has 21 heavy (non-hydrogen) atoms. The van der Waals surface area contributed by atoms with E-state index in [-0.39, 0.29) is 0 Å². The third-order valence-electron chi connectivity index (χ3n) is 2.64. The molecule has 0 saturated heterocycles. The first-order chi connectivity index (χ1) is 10.1. The average molecular weight is 327 g/mol. The van der Waals surface area contributed by atoms with Gasteiger partial charge < -0.3 is 15.5 Å². The Morgan fingerprint density at radius 2 is 1.86 bits per heavy atom. The van der Waals surface area contributed by atoms with Gasteiger partial charge in [-0.2, -0.15) is 15.0 Å². The van der Waals surface area contributed by atoms with Crippen LogP contribution in [0.2, 0.25) is 4.34 Å². The molecule has 0 aromatic carbocycles. The summed E-state index contributed by atoms with van der Waals surface area (Å²) in [7, 11) is 3.81. The van der Waals surface area contributed by atoms with E-state index in [1.54, 1.807) is 11.3 Å². The van der Waals surface area contributed by atoms with Gasteiger partial charge in [-0.25, -0.2) is 0 Å². The van der Waals surface area contributed by atoms with Crippen molar-refractivity contribution in [1.82, 2.24) is 15.0 Å². The molecular weight excluding hydrogens is 308 g/mol. The van der Waals surface area contributed by atoms with Crippen LogP contribution >= 0.6 is 22.9 Å². The van der Waals surface area contributed by atoms with Crippen molar-refractivity contribution in [1.29, 1.82) is 0 Å². The van der Waals surface area contributed by atoms with Crippen LogP contribution in [0.4, 0.5) is 17.8 Å². The van der Waals surface area contributed by atoms with Crippen molar-refractivity contribution >= 4 is 40.8 Å². The zero-order valence-electron chi connectivity index (χ0n) is 12.4. The average Bonchev–Trinajstić information content (AvgIpc) is 2.84. The van der Waals surface area contributed by atoms with Gasteiger partial charge in [-0.3, -0.25) is 0 Å². The smallest absolute Gasteiger partial charge is 0.231 e. The number of nitrogens with one attached hydrogen (secondary N) is 2. The molecule has 0 aliphatic rings. The molecule has 114 valence electrons. The molecule has 8 heteroatoms.